The lowest BCUT2D eigenvalue weighted by molar-refractivity contribution is 0.0843. The highest BCUT2D eigenvalue weighted by Gasteiger charge is 2.38. The Labute approximate surface area is 105 Å². The highest BCUT2D eigenvalue weighted by atomic mass is 14.9. The molecule has 0 unspecified atom stereocenters. The number of aromatic amines is 1. The maximum absolute atomic E-state index is 3.70. The average molecular weight is 234 g/mol. The van der Waals surface area contributed by atoms with Crippen molar-refractivity contribution in [2.24, 2.45) is 10.8 Å². The van der Waals surface area contributed by atoms with Crippen LogP contribution in [0, 0.1) is 10.8 Å². The third-order valence-electron chi connectivity index (χ3n) is 3.80. The Balaban J connectivity index is 1.92. The monoisotopic (exact) mass is 234 g/mol. The Bertz CT molecular complexity index is 333. The Kier molecular flexibility index (Phi) is 3.35. The highest BCUT2D eigenvalue weighted by molar-refractivity contribution is 5.03. The molecule has 1 aliphatic carbocycles. The van der Waals surface area contributed by atoms with E-state index in [0.717, 1.165) is 6.54 Å². The van der Waals surface area contributed by atoms with Crippen LogP contribution in [0.5, 0.6) is 0 Å². The Morgan fingerprint density at radius 3 is 2.41 bits per heavy atom. The van der Waals surface area contributed by atoms with E-state index in [1.54, 1.807) is 0 Å². The fourth-order valence-corrected chi connectivity index (χ4v) is 3.72. The van der Waals surface area contributed by atoms with Crippen LogP contribution >= 0.6 is 0 Å². The molecule has 1 saturated carbocycles. The van der Waals surface area contributed by atoms with Gasteiger partial charge >= 0.3 is 0 Å². The first-order valence-corrected chi connectivity index (χ1v) is 6.72. The molecular weight excluding hydrogens is 208 g/mol. The molecule has 0 radical (unpaired) electrons. The van der Waals surface area contributed by atoms with E-state index in [1.165, 1.54) is 25.0 Å². The summed E-state index contributed by atoms with van der Waals surface area (Å²) in [5, 5.41) is 3.70. The minimum atomic E-state index is 0.467. The molecule has 1 fully saturated rings. The molecule has 2 rings (SSSR count). The molecular formula is C15H26N2. The summed E-state index contributed by atoms with van der Waals surface area (Å²) in [5.74, 6) is 0. The molecule has 2 heteroatoms. The summed E-state index contributed by atoms with van der Waals surface area (Å²) in [6.45, 7) is 10.6. The van der Waals surface area contributed by atoms with Crippen LogP contribution in [-0.2, 0) is 6.54 Å². The molecule has 1 heterocycles. The van der Waals surface area contributed by atoms with Gasteiger partial charge in [0.05, 0.1) is 0 Å². The van der Waals surface area contributed by atoms with Gasteiger partial charge in [-0.15, -0.1) is 0 Å². The largest absolute Gasteiger partial charge is 0.364 e. The van der Waals surface area contributed by atoms with Crippen LogP contribution in [0.4, 0.5) is 0 Å². The first-order chi connectivity index (χ1) is 7.86. The lowest BCUT2D eigenvalue weighted by Gasteiger charge is -2.45. The predicted octanol–water partition coefficient (Wildman–Crippen LogP) is 3.71. The van der Waals surface area contributed by atoms with E-state index in [1.807, 2.05) is 6.20 Å². The smallest absolute Gasteiger partial charge is 0.0359 e. The minimum absolute atomic E-state index is 0.467. The molecule has 1 aromatic rings. The third kappa shape index (κ3) is 3.60. The van der Waals surface area contributed by atoms with E-state index in [4.69, 9.17) is 0 Å². The summed E-state index contributed by atoms with van der Waals surface area (Å²) in [6, 6.07) is 4.86. The summed E-state index contributed by atoms with van der Waals surface area (Å²) < 4.78 is 0. The van der Waals surface area contributed by atoms with Crippen molar-refractivity contribution < 1.29 is 0 Å². The van der Waals surface area contributed by atoms with Gasteiger partial charge in [-0.2, -0.15) is 0 Å². The summed E-state index contributed by atoms with van der Waals surface area (Å²) in [4.78, 5) is 3.26. The van der Waals surface area contributed by atoms with E-state index in [-0.39, 0.29) is 0 Å². The number of rotatable bonds is 3. The number of hydrogen-bond donors (Lipinski definition) is 2. The van der Waals surface area contributed by atoms with Crippen molar-refractivity contribution in [3.8, 4) is 0 Å². The summed E-state index contributed by atoms with van der Waals surface area (Å²) in [7, 11) is 0. The van der Waals surface area contributed by atoms with Crippen LogP contribution in [0.2, 0.25) is 0 Å². The van der Waals surface area contributed by atoms with Crippen LogP contribution in [0.25, 0.3) is 0 Å². The Morgan fingerprint density at radius 1 is 1.24 bits per heavy atom. The van der Waals surface area contributed by atoms with Crippen LogP contribution < -0.4 is 5.32 Å². The first kappa shape index (κ1) is 12.7. The van der Waals surface area contributed by atoms with Gasteiger partial charge in [0.2, 0.25) is 0 Å². The van der Waals surface area contributed by atoms with Gasteiger partial charge in [-0.25, -0.2) is 0 Å². The third-order valence-corrected chi connectivity index (χ3v) is 3.80. The van der Waals surface area contributed by atoms with Crippen LogP contribution in [-0.4, -0.2) is 11.0 Å². The van der Waals surface area contributed by atoms with Crippen LogP contribution in [0.15, 0.2) is 18.3 Å². The minimum Gasteiger partial charge on any atom is -0.364 e. The molecule has 0 aliphatic heterocycles. The Morgan fingerprint density at radius 2 is 1.88 bits per heavy atom. The second-order valence-corrected chi connectivity index (χ2v) is 7.19. The number of nitrogens with one attached hydrogen (secondary N) is 2. The molecule has 1 aliphatic rings. The zero-order chi connectivity index (χ0) is 12.5. The number of aromatic nitrogens is 1. The standard InChI is InChI=1S/C15H26N2/c1-14(2)8-13(9-15(3,4)11-14)17-10-12-6-5-7-16-12/h5-7,13,16-17H,8-11H2,1-4H3. The van der Waals surface area contributed by atoms with Gasteiger partial charge in [0, 0.05) is 24.5 Å². The fourth-order valence-electron chi connectivity index (χ4n) is 3.72. The van der Waals surface area contributed by atoms with Crippen molar-refractivity contribution in [2.45, 2.75) is 59.5 Å². The summed E-state index contributed by atoms with van der Waals surface area (Å²) in [6.07, 6.45) is 5.90. The van der Waals surface area contributed by atoms with E-state index >= 15 is 0 Å². The van der Waals surface area contributed by atoms with Gasteiger partial charge in [0.1, 0.15) is 0 Å². The molecule has 2 nitrogen and oxygen atoms in total. The molecule has 0 bridgehead atoms. The van der Waals surface area contributed by atoms with Gasteiger partial charge < -0.3 is 10.3 Å². The quantitative estimate of drug-likeness (QED) is 0.820. The van der Waals surface area contributed by atoms with Crippen molar-refractivity contribution in [2.75, 3.05) is 0 Å². The van der Waals surface area contributed by atoms with Crippen molar-refractivity contribution in [3.05, 3.63) is 24.0 Å². The van der Waals surface area contributed by atoms with Gasteiger partial charge in [-0.05, 0) is 42.2 Å². The maximum Gasteiger partial charge on any atom is 0.0359 e. The van der Waals surface area contributed by atoms with Crippen LogP contribution in [0.3, 0.4) is 0 Å². The molecule has 0 saturated heterocycles. The average Bonchev–Trinajstić information content (AvgIpc) is 2.61. The number of hydrogen-bond acceptors (Lipinski definition) is 1. The molecule has 2 N–H and O–H groups in total. The molecule has 0 aromatic carbocycles. The molecule has 17 heavy (non-hydrogen) atoms. The SMILES string of the molecule is CC1(C)CC(NCc2ccc[nH]2)CC(C)(C)C1. The van der Waals surface area contributed by atoms with E-state index < -0.39 is 0 Å². The van der Waals surface area contributed by atoms with Gasteiger partial charge in [0.15, 0.2) is 0 Å². The fraction of sp³-hybridized carbons (Fsp3) is 0.733. The first-order valence-electron chi connectivity index (χ1n) is 6.72. The van der Waals surface area contributed by atoms with E-state index in [2.05, 4.69) is 50.1 Å². The van der Waals surface area contributed by atoms with E-state index in [9.17, 15) is 0 Å². The van der Waals surface area contributed by atoms with E-state index in [0.29, 0.717) is 16.9 Å². The lowest BCUT2D eigenvalue weighted by Crippen LogP contribution is -2.43. The molecule has 96 valence electrons. The molecule has 0 amide bonds. The molecule has 1 aromatic heterocycles. The maximum atomic E-state index is 3.70. The summed E-state index contributed by atoms with van der Waals surface area (Å²) >= 11 is 0. The Hall–Kier alpha value is -0.760. The van der Waals surface area contributed by atoms with Crippen molar-refractivity contribution in [1.29, 1.82) is 0 Å². The van der Waals surface area contributed by atoms with Gasteiger partial charge in [-0.1, -0.05) is 27.7 Å². The highest BCUT2D eigenvalue weighted by Crippen LogP contribution is 2.45. The molecule has 0 spiro atoms. The van der Waals surface area contributed by atoms with Crippen molar-refractivity contribution in [1.82, 2.24) is 10.3 Å². The van der Waals surface area contributed by atoms with Crippen molar-refractivity contribution >= 4 is 0 Å². The van der Waals surface area contributed by atoms with Gasteiger partial charge in [0.25, 0.3) is 0 Å². The lowest BCUT2D eigenvalue weighted by atomic mass is 9.63. The van der Waals surface area contributed by atoms with Crippen molar-refractivity contribution in [3.63, 3.8) is 0 Å². The molecule has 0 atom stereocenters. The second-order valence-electron chi connectivity index (χ2n) is 7.19. The van der Waals surface area contributed by atoms with Crippen LogP contribution in [0.1, 0.15) is 52.7 Å². The zero-order valence-electron chi connectivity index (χ0n) is 11.6. The second kappa shape index (κ2) is 4.49. The van der Waals surface area contributed by atoms with Gasteiger partial charge in [-0.3, -0.25) is 0 Å². The number of H-pyrrole nitrogens is 1. The zero-order valence-corrected chi connectivity index (χ0v) is 11.6. The summed E-state index contributed by atoms with van der Waals surface area (Å²) in [5.41, 5.74) is 2.22. The topological polar surface area (TPSA) is 27.8 Å². The normalized spacial score (nSPS) is 23.8. The predicted molar refractivity (Wildman–Crippen MR) is 72.8 cm³/mol.